The van der Waals surface area contributed by atoms with Crippen LogP contribution >= 0.6 is 0 Å². The van der Waals surface area contributed by atoms with Gasteiger partial charge in [0.1, 0.15) is 11.4 Å². The number of amides is 1. The van der Waals surface area contributed by atoms with E-state index in [9.17, 15) is 14.7 Å². The van der Waals surface area contributed by atoms with Gasteiger partial charge in [0.25, 0.3) is 0 Å². The van der Waals surface area contributed by atoms with Crippen LogP contribution in [0.3, 0.4) is 0 Å². The van der Waals surface area contributed by atoms with Crippen molar-refractivity contribution >= 4 is 12.1 Å². The van der Waals surface area contributed by atoms with Crippen LogP contribution in [0, 0.1) is 6.92 Å². The third kappa shape index (κ3) is 7.60. The maximum absolute atomic E-state index is 12.0. The van der Waals surface area contributed by atoms with E-state index in [4.69, 9.17) is 9.47 Å². The Morgan fingerprint density at radius 1 is 1.12 bits per heavy atom. The van der Waals surface area contributed by atoms with Gasteiger partial charge in [0.05, 0.1) is 6.61 Å². The normalized spacial score (nSPS) is 12.7. The molecule has 0 aliphatic carbocycles. The van der Waals surface area contributed by atoms with Gasteiger partial charge >= 0.3 is 12.1 Å². The van der Waals surface area contributed by atoms with Crippen LogP contribution in [-0.4, -0.2) is 29.4 Å². The number of nitrogens with zero attached hydrogens (tertiary/aromatic N) is 2. The van der Waals surface area contributed by atoms with Gasteiger partial charge in [-0.3, -0.25) is 0 Å². The minimum absolute atomic E-state index is 0.0573. The van der Waals surface area contributed by atoms with Gasteiger partial charge in [0.2, 0.25) is 5.70 Å². The molecule has 0 bridgehead atoms. The van der Waals surface area contributed by atoms with Crippen molar-refractivity contribution in [3.8, 4) is 0 Å². The number of carbonyl (C=O) groups excluding carboxylic acids is 2. The summed E-state index contributed by atoms with van der Waals surface area (Å²) < 4.78 is 9.84. The Balaban J connectivity index is 3.03. The van der Waals surface area contributed by atoms with Crippen molar-refractivity contribution in [2.24, 2.45) is 10.2 Å². The number of hydrogen-bond acceptors (Lipinski definition) is 6. The van der Waals surface area contributed by atoms with Gasteiger partial charge in [0, 0.05) is 6.42 Å². The fourth-order valence-corrected chi connectivity index (χ4v) is 1.77. The Morgan fingerprint density at radius 3 is 2.24 bits per heavy atom. The van der Waals surface area contributed by atoms with Gasteiger partial charge < -0.3 is 14.6 Å². The van der Waals surface area contributed by atoms with Crippen molar-refractivity contribution in [2.45, 2.75) is 46.6 Å². The molecule has 7 nitrogen and oxygen atoms in total. The fourth-order valence-electron chi connectivity index (χ4n) is 1.77. The SMILES string of the molecule is CCOC(=O)/C(N=NC(=O)OC(C)(C)C)=C(\O)Cc1ccc(C)cc1. The van der Waals surface area contributed by atoms with Crippen LogP contribution in [0.15, 0.2) is 46.0 Å². The van der Waals surface area contributed by atoms with Crippen LogP contribution in [0.25, 0.3) is 0 Å². The van der Waals surface area contributed by atoms with E-state index < -0.39 is 23.4 Å². The highest BCUT2D eigenvalue weighted by atomic mass is 16.6. The molecule has 1 aromatic carbocycles. The summed E-state index contributed by atoms with van der Waals surface area (Å²) >= 11 is 0. The van der Waals surface area contributed by atoms with Crippen LogP contribution in [0.4, 0.5) is 4.79 Å². The van der Waals surface area contributed by atoms with Gasteiger partial charge in [0.15, 0.2) is 0 Å². The lowest BCUT2D eigenvalue weighted by atomic mass is 10.1. The van der Waals surface area contributed by atoms with Gasteiger partial charge in [-0.1, -0.05) is 34.9 Å². The van der Waals surface area contributed by atoms with E-state index in [1.807, 2.05) is 31.2 Å². The summed E-state index contributed by atoms with van der Waals surface area (Å²) in [5.74, 6) is -1.20. The summed E-state index contributed by atoms with van der Waals surface area (Å²) in [7, 11) is 0. The van der Waals surface area contributed by atoms with Crippen LogP contribution in [0.1, 0.15) is 38.8 Å². The molecule has 1 N–H and O–H groups in total. The summed E-state index contributed by atoms with van der Waals surface area (Å²) in [6.45, 7) is 8.70. The molecule has 0 radical (unpaired) electrons. The Kier molecular flexibility index (Phi) is 7.29. The van der Waals surface area contributed by atoms with Crippen molar-refractivity contribution in [3.05, 3.63) is 46.8 Å². The molecule has 1 rings (SSSR count). The van der Waals surface area contributed by atoms with Crippen molar-refractivity contribution in [2.75, 3.05) is 6.61 Å². The average Bonchev–Trinajstić information content (AvgIpc) is 2.48. The number of benzene rings is 1. The summed E-state index contributed by atoms with van der Waals surface area (Å²) in [6, 6.07) is 7.41. The third-order valence-electron chi connectivity index (χ3n) is 2.86. The molecule has 0 fully saturated rings. The maximum atomic E-state index is 12.0. The number of aliphatic hydroxyl groups excluding tert-OH is 1. The molecular formula is C18H24N2O5. The lowest BCUT2D eigenvalue weighted by Gasteiger charge is -2.16. The van der Waals surface area contributed by atoms with Crippen molar-refractivity contribution in [3.63, 3.8) is 0 Å². The van der Waals surface area contributed by atoms with E-state index in [0.29, 0.717) is 0 Å². The number of aliphatic hydroxyl groups is 1. The molecule has 136 valence electrons. The highest BCUT2D eigenvalue weighted by Crippen LogP contribution is 2.15. The second-order valence-corrected chi connectivity index (χ2v) is 6.36. The van der Waals surface area contributed by atoms with Crippen molar-refractivity contribution < 1.29 is 24.2 Å². The quantitative estimate of drug-likeness (QED) is 0.371. The average molecular weight is 348 g/mol. The maximum Gasteiger partial charge on any atom is 0.452 e. The van der Waals surface area contributed by atoms with E-state index >= 15 is 0 Å². The van der Waals surface area contributed by atoms with E-state index in [1.165, 1.54) is 0 Å². The van der Waals surface area contributed by atoms with E-state index in [1.54, 1.807) is 27.7 Å². The molecule has 0 aromatic heterocycles. The second-order valence-electron chi connectivity index (χ2n) is 6.36. The molecule has 0 saturated heterocycles. The molecule has 1 amide bonds. The van der Waals surface area contributed by atoms with Crippen LogP contribution in [-0.2, 0) is 20.7 Å². The van der Waals surface area contributed by atoms with Gasteiger partial charge in [-0.25, -0.2) is 9.59 Å². The topological polar surface area (TPSA) is 97.6 Å². The van der Waals surface area contributed by atoms with Crippen LogP contribution < -0.4 is 0 Å². The van der Waals surface area contributed by atoms with Gasteiger partial charge in [-0.2, -0.15) is 0 Å². The first-order valence-corrected chi connectivity index (χ1v) is 7.92. The molecule has 0 atom stereocenters. The lowest BCUT2D eigenvalue weighted by molar-refractivity contribution is -0.138. The monoisotopic (exact) mass is 348 g/mol. The highest BCUT2D eigenvalue weighted by molar-refractivity contribution is 5.88. The zero-order valence-corrected chi connectivity index (χ0v) is 15.2. The van der Waals surface area contributed by atoms with Crippen molar-refractivity contribution in [1.29, 1.82) is 0 Å². The number of hydrogen-bond donors (Lipinski definition) is 1. The predicted octanol–water partition coefficient (Wildman–Crippen LogP) is 4.26. The highest BCUT2D eigenvalue weighted by Gasteiger charge is 2.20. The predicted molar refractivity (Wildman–Crippen MR) is 92.3 cm³/mol. The molecule has 25 heavy (non-hydrogen) atoms. The molecule has 0 unspecified atom stereocenters. The molecule has 0 aliphatic rings. The van der Waals surface area contributed by atoms with Gasteiger partial charge in [-0.05, 0) is 40.2 Å². The summed E-state index contributed by atoms with van der Waals surface area (Å²) in [6.07, 6.45) is -0.903. The molecule has 0 aliphatic heterocycles. The molecule has 7 heteroatoms. The number of esters is 1. The number of azo groups is 1. The first kappa shape index (κ1) is 20.3. The smallest absolute Gasteiger partial charge is 0.452 e. The Bertz CT molecular complexity index is 670. The standard InChI is InChI=1S/C18H24N2O5/c1-6-24-16(22)15(19-20-17(23)25-18(3,4)5)14(21)11-13-9-7-12(2)8-10-13/h7-10,21H,6,11H2,1-5H3/b15-14+,20-19?. The summed E-state index contributed by atoms with van der Waals surface area (Å²) in [5.41, 5.74) is 0.682. The molecule has 1 aromatic rings. The van der Waals surface area contributed by atoms with Crippen LogP contribution in [0.5, 0.6) is 0 Å². The van der Waals surface area contributed by atoms with Crippen LogP contribution in [0.2, 0.25) is 0 Å². The van der Waals surface area contributed by atoms with E-state index in [-0.39, 0.29) is 18.8 Å². The summed E-state index contributed by atoms with van der Waals surface area (Å²) in [5, 5.41) is 17.1. The van der Waals surface area contributed by atoms with Crippen molar-refractivity contribution in [1.82, 2.24) is 0 Å². The van der Waals surface area contributed by atoms with Gasteiger partial charge in [-0.15, -0.1) is 5.11 Å². The lowest BCUT2D eigenvalue weighted by Crippen LogP contribution is -2.21. The Hall–Kier alpha value is -2.70. The fraction of sp³-hybridized carbons (Fsp3) is 0.444. The Morgan fingerprint density at radius 2 is 1.72 bits per heavy atom. The summed E-state index contributed by atoms with van der Waals surface area (Å²) in [4.78, 5) is 23.6. The number of allylic oxidation sites excluding steroid dienone is 1. The second kappa shape index (κ2) is 8.96. The molecule has 0 heterocycles. The Labute approximate surface area is 147 Å². The third-order valence-corrected chi connectivity index (χ3v) is 2.86. The number of ether oxygens (including phenoxy) is 2. The largest absolute Gasteiger partial charge is 0.509 e. The molecule has 0 spiro atoms. The van der Waals surface area contributed by atoms with E-state index in [2.05, 4.69) is 10.2 Å². The zero-order valence-electron chi connectivity index (χ0n) is 15.2. The zero-order chi connectivity index (χ0) is 19.0. The minimum Gasteiger partial charge on any atom is -0.509 e. The minimum atomic E-state index is -0.961. The number of carbonyl (C=O) groups is 2. The molecule has 0 saturated carbocycles. The van der Waals surface area contributed by atoms with E-state index in [0.717, 1.165) is 11.1 Å². The first-order chi connectivity index (χ1) is 11.6. The number of rotatable bonds is 5. The first-order valence-electron chi connectivity index (χ1n) is 7.92. The number of aryl methyl sites for hydroxylation is 1. The molecular weight excluding hydrogens is 324 g/mol.